The Bertz CT molecular complexity index is 469. The molecule has 0 bridgehead atoms. The van der Waals surface area contributed by atoms with Crippen molar-refractivity contribution < 1.29 is 19.0 Å². The number of anilines is 1. The summed E-state index contributed by atoms with van der Waals surface area (Å²) in [5, 5.41) is 0. The zero-order chi connectivity index (χ0) is 14.6. The molecule has 19 heavy (non-hydrogen) atoms. The average molecular weight is 267 g/mol. The lowest BCUT2D eigenvalue weighted by Gasteiger charge is -2.20. The first kappa shape index (κ1) is 15.1. The lowest BCUT2D eigenvalue weighted by atomic mass is 9.96. The van der Waals surface area contributed by atoms with E-state index in [4.69, 9.17) is 19.9 Å². The molecule has 1 rings (SSSR count). The second-order valence-electron chi connectivity index (χ2n) is 4.37. The van der Waals surface area contributed by atoms with Crippen molar-refractivity contribution in [2.75, 3.05) is 26.6 Å². The number of hydrogen-bond acceptors (Lipinski definition) is 5. The van der Waals surface area contributed by atoms with Crippen molar-refractivity contribution in [1.29, 1.82) is 0 Å². The van der Waals surface area contributed by atoms with E-state index >= 15 is 0 Å². The molecule has 106 valence electrons. The molecule has 0 fully saturated rings. The van der Waals surface area contributed by atoms with E-state index in [-0.39, 0.29) is 23.8 Å². The molecule has 0 aliphatic carbocycles. The van der Waals surface area contributed by atoms with Crippen molar-refractivity contribution in [3.8, 4) is 11.5 Å². The number of methoxy groups -OCH3 is 2. The highest BCUT2D eigenvalue weighted by molar-refractivity contribution is 5.99. The molecule has 0 amide bonds. The van der Waals surface area contributed by atoms with Crippen LogP contribution in [0.25, 0.3) is 0 Å². The molecule has 5 heteroatoms. The van der Waals surface area contributed by atoms with Crippen LogP contribution in [0.1, 0.15) is 42.6 Å². The highest BCUT2D eigenvalue weighted by atomic mass is 16.5. The van der Waals surface area contributed by atoms with Crippen LogP contribution in [-0.2, 0) is 4.74 Å². The van der Waals surface area contributed by atoms with E-state index in [9.17, 15) is 4.79 Å². The molecule has 0 aliphatic heterocycles. The quantitative estimate of drug-likeness (QED) is 0.656. The number of hydrogen-bond donors (Lipinski definition) is 1. The molecule has 0 saturated heterocycles. The lowest BCUT2D eigenvalue weighted by molar-refractivity contribution is 0.0523. The maximum atomic E-state index is 12.0. The van der Waals surface area contributed by atoms with Gasteiger partial charge in [0.05, 0.1) is 26.5 Å². The first-order valence-corrected chi connectivity index (χ1v) is 6.19. The molecular formula is C14H21NO4. The van der Waals surface area contributed by atoms with Gasteiger partial charge in [-0.1, -0.05) is 13.8 Å². The number of rotatable bonds is 5. The summed E-state index contributed by atoms with van der Waals surface area (Å²) >= 11 is 0. The van der Waals surface area contributed by atoms with Gasteiger partial charge in [0.25, 0.3) is 0 Å². The second kappa shape index (κ2) is 6.31. The van der Waals surface area contributed by atoms with Crippen LogP contribution in [-0.4, -0.2) is 26.8 Å². The molecule has 2 N–H and O–H groups in total. The van der Waals surface area contributed by atoms with Crippen molar-refractivity contribution in [2.24, 2.45) is 0 Å². The maximum Gasteiger partial charge on any atom is 0.344 e. The predicted molar refractivity (Wildman–Crippen MR) is 74.0 cm³/mol. The number of nitrogens with two attached hydrogens (primary N) is 1. The van der Waals surface area contributed by atoms with Crippen LogP contribution in [0, 0.1) is 0 Å². The van der Waals surface area contributed by atoms with Gasteiger partial charge >= 0.3 is 5.97 Å². The summed E-state index contributed by atoms with van der Waals surface area (Å²) in [5.74, 6) is 0.669. The van der Waals surface area contributed by atoms with Crippen LogP contribution >= 0.6 is 0 Å². The summed E-state index contributed by atoms with van der Waals surface area (Å²) < 4.78 is 15.7. The Kier molecular flexibility index (Phi) is 5.03. The highest BCUT2D eigenvalue weighted by Gasteiger charge is 2.25. The van der Waals surface area contributed by atoms with E-state index < -0.39 is 5.97 Å². The number of esters is 1. The molecule has 1 aromatic rings. The fraction of sp³-hybridized carbons (Fsp3) is 0.500. The Balaban J connectivity index is 3.54. The summed E-state index contributed by atoms with van der Waals surface area (Å²) in [6.45, 7) is 6.01. The minimum Gasteiger partial charge on any atom is -0.496 e. The van der Waals surface area contributed by atoms with Gasteiger partial charge in [-0.15, -0.1) is 0 Å². The highest BCUT2D eigenvalue weighted by Crippen LogP contribution is 2.41. The zero-order valence-electron chi connectivity index (χ0n) is 12.1. The predicted octanol–water partition coefficient (Wildman–Crippen LogP) is 2.59. The average Bonchev–Trinajstić information content (AvgIpc) is 2.36. The van der Waals surface area contributed by atoms with E-state index in [0.717, 1.165) is 5.56 Å². The molecular weight excluding hydrogens is 246 g/mol. The van der Waals surface area contributed by atoms with Gasteiger partial charge in [0, 0.05) is 11.6 Å². The van der Waals surface area contributed by atoms with Gasteiger partial charge in [-0.05, 0) is 12.8 Å². The fourth-order valence-electron chi connectivity index (χ4n) is 2.01. The number of carbonyl (C=O) groups excluding carboxylic acids is 1. The topological polar surface area (TPSA) is 70.8 Å². The van der Waals surface area contributed by atoms with Crippen LogP contribution in [0.5, 0.6) is 11.5 Å². The second-order valence-corrected chi connectivity index (χ2v) is 4.37. The summed E-state index contributed by atoms with van der Waals surface area (Å²) in [5.41, 5.74) is 7.27. The molecule has 0 atom stereocenters. The summed E-state index contributed by atoms with van der Waals surface area (Å²) in [6, 6.07) is 1.63. The number of ether oxygens (including phenoxy) is 3. The zero-order valence-corrected chi connectivity index (χ0v) is 12.1. The Labute approximate surface area is 113 Å². The molecule has 0 heterocycles. The van der Waals surface area contributed by atoms with Crippen molar-refractivity contribution >= 4 is 11.7 Å². The lowest BCUT2D eigenvalue weighted by Crippen LogP contribution is -2.13. The van der Waals surface area contributed by atoms with Crippen molar-refractivity contribution in [3.05, 3.63) is 17.2 Å². The van der Waals surface area contributed by atoms with Crippen molar-refractivity contribution in [3.63, 3.8) is 0 Å². The molecule has 0 spiro atoms. The van der Waals surface area contributed by atoms with Crippen molar-refractivity contribution in [1.82, 2.24) is 0 Å². The molecule has 0 radical (unpaired) electrons. The van der Waals surface area contributed by atoms with Gasteiger partial charge in [-0.25, -0.2) is 4.79 Å². The van der Waals surface area contributed by atoms with E-state index in [1.54, 1.807) is 20.1 Å². The first-order valence-electron chi connectivity index (χ1n) is 6.19. The summed E-state index contributed by atoms with van der Waals surface area (Å²) in [6.07, 6.45) is 0. The smallest absolute Gasteiger partial charge is 0.344 e. The third-order valence-electron chi connectivity index (χ3n) is 2.79. The Morgan fingerprint density at radius 3 is 2.37 bits per heavy atom. The number of carbonyl (C=O) groups is 1. The molecule has 0 unspecified atom stereocenters. The number of nitrogen functional groups attached to an aromatic ring is 1. The van der Waals surface area contributed by atoms with Gasteiger partial charge in [0.15, 0.2) is 0 Å². The Morgan fingerprint density at radius 1 is 1.32 bits per heavy atom. The third kappa shape index (κ3) is 2.92. The minimum atomic E-state index is -0.485. The minimum absolute atomic E-state index is 0.124. The summed E-state index contributed by atoms with van der Waals surface area (Å²) in [7, 11) is 3.06. The fourth-order valence-corrected chi connectivity index (χ4v) is 2.01. The number of benzene rings is 1. The first-order chi connectivity index (χ1) is 8.97. The Morgan fingerprint density at radius 2 is 1.95 bits per heavy atom. The van der Waals surface area contributed by atoms with Gasteiger partial charge in [0.2, 0.25) is 0 Å². The summed E-state index contributed by atoms with van der Waals surface area (Å²) in [4.78, 5) is 12.0. The normalized spacial score (nSPS) is 10.4. The SMILES string of the molecule is CCOC(=O)c1c(N)cc(OC)c(C(C)C)c1OC. The van der Waals surface area contributed by atoms with Crippen LogP contribution in [0.2, 0.25) is 0 Å². The monoisotopic (exact) mass is 267 g/mol. The molecule has 0 aliphatic rings. The van der Waals surface area contributed by atoms with Crippen LogP contribution < -0.4 is 15.2 Å². The molecule has 1 aromatic carbocycles. The standard InChI is InChI=1S/C14H21NO4/c1-6-19-14(16)12-9(15)7-10(17-4)11(8(2)3)13(12)18-5/h7-8H,6,15H2,1-5H3. The van der Waals surface area contributed by atoms with Crippen molar-refractivity contribution in [2.45, 2.75) is 26.7 Å². The van der Waals surface area contributed by atoms with E-state index in [1.807, 2.05) is 13.8 Å². The molecule has 0 aromatic heterocycles. The van der Waals surface area contributed by atoms with Gasteiger partial charge in [-0.2, -0.15) is 0 Å². The van der Waals surface area contributed by atoms with Crippen LogP contribution in [0.15, 0.2) is 6.07 Å². The van der Waals surface area contributed by atoms with Crippen LogP contribution in [0.3, 0.4) is 0 Å². The van der Waals surface area contributed by atoms with E-state index in [2.05, 4.69) is 0 Å². The van der Waals surface area contributed by atoms with E-state index in [1.165, 1.54) is 7.11 Å². The van der Waals surface area contributed by atoms with Crippen LogP contribution in [0.4, 0.5) is 5.69 Å². The largest absolute Gasteiger partial charge is 0.496 e. The molecule has 5 nitrogen and oxygen atoms in total. The molecule has 0 saturated carbocycles. The van der Waals surface area contributed by atoms with Gasteiger partial charge < -0.3 is 19.9 Å². The van der Waals surface area contributed by atoms with Gasteiger partial charge in [-0.3, -0.25) is 0 Å². The Hall–Kier alpha value is -1.91. The third-order valence-corrected chi connectivity index (χ3v) is 2.79. The van der Waals surface area contributed by atoms with E-state index in [0.29, 0.717) is 11.5 Å². The van der Waals surface area contributed by atoms with Gasteiger partial charge in [0.1, 0.15) is 17.1 Å². The maximum absolute atomic E-state index is 12.0.